The van der Waals surface area contributed by atoms with E-state index in [2.05, 4.69) is 32.7 Å². The molecule has 3 aromatic rings. The molecule has 2 aromatic carbocycles. The predicted octanol–water partition coefficient (Wildman–Crippen LogP) is 3.89. The van der Waals surface area contributed by atoms with Crippen LogP contribution in [0.5, 0.6) is 0 Å². The van der Waals surface area contributed by atoms with Gasteiger partial charge in [0.25, 0.3) is 5.91 Å². The first kappa shape index (κ1) is 17.6. The average molecular weight is 346 g/mol. The number of nitrogens with zero attached hydrogens (tertiary/aromatic N) is 2. The second kappa shape index (κ2) is 8.76. The van der Waals surface area contributed by atoms with Gasteiger partial charge in [-0.2, -0.15) is 0 Å². The number of aromatic nitrogens is 2. The summed E-state index contributed by atoms with van der Waals surface area (Å²) in [5.74, 6) is 0.241. The normalized spacial score (nSPS) is 10.3. The number of amides is 1. The van der Waals surface area contributed by atoms with E-state index in [9.17, 15) is 4.79 Å². The summed E-state index contributed by atoms with van der Waals surface area (Å²) in [5.41, 5.74) is 3.27. The van der Waals surface area contributed by atoms with E-state index in [-0.39, 0.29) is 5.91 Å². The minimum absolute atomic E-state index is 0.181. The molecule has 5 nitrogen and oxygen atoms in total. The summed E-state index contributed by atoms with van der Waals surface area (Å²) in [5, 5.41) is 6.06. The molecule has 2 N–H and O–H groups in total. The molecular weight excluding hydrogens is 324 g/mol. The molecule has 0 aliphatic carbocycles. The number of hydrogen-bond donors (Lipinski definition) is 2. The van der Waals surface area contributed by atoms with Crippen molar-refractivity contribution >= 4 is 17.5 Å². The SMILES string of the molecule is Cc1cc(C(=O)NCCCc2ccccc2)nc(Nc2ccccc2)n1. The van der Waals surface area contributed by atoms with Crippen LogP contribution in [0.25, 0.3) is 0 Å². The molecule has 5 heteroatoms. The van der Waals surface area contributed by atoms with Gasteiger partial charge in [-0.25, -0.2) is 9.97 Å². The zero-order valence-electron chi connectivity index (χ0n) is 14.8. The van der Waals surface area contributed by atoms with Crippen molar-refractivity contribution in [2.75, 3.05) is 11.9 Å². The van der Waals surface area contributed by atoms with Gasteiger partial charge in [0.05, 0.1) is 0 Å². The highest BCUT2D eigenvalue weighted by atomic mass is 16.1. The number of benzene rings is 2. The lowest BCUT2D eigenvalue weighted by molar-refractivity contribution is 0.0948. The van der Waals surface area contributed by atoms with Gasteiger partial charge < -0.3 is 10.6 Å². The predicted molar refractivity (Wildman–Crippen MR) is 104 cm³/mol. The smallest absolute Gasteiger partial charge is 0.270 e. The molecule has 0 radical (unpaired) electrons. The van der Waals surface area contributed by atoms with Gasteiger partial charge in [0.2, 0.25) is 5.95 Å². The van der Waals surface area contributed by atoms with Gasteiger partial charge in [-0.1, -0.05) is 48.5 Å². The summed E-state index contributed by atoms with van der Waals surface area (Å²) in [6.45, 7) is 2.46. The molecule has 0 aliphatic rings. The number of anilines is 2. The third kappa shape index (κ3) is 5.14. The van der Waals surface area contributed by atoms with E-state index >= 15 is 0 Å². The largest absolute Gasteiger partial charge is 0.351 e. The summed E-state index contributed by atoms with van der Waals surface area (Å²) in [6, 6.07) is 21.6. The third-order valence-corrected chi connectivity index (χ3v) is 3.89. The van der Waals surface area contributed by atoms with Crippen LogP contribution in [-0.2, 0) is 6.42 Å². The molecule has 1 aromatic heterocycles. The maximum absolute atomic E-state index is 12.4. The fourth-order valence-corrected chi connectivity index (χ4v) is 2.62. The highest BCUT2D eigenvalue weighted by Gasteiger charge is 2.10. The summed E-state index contributed by atoms with van der Waals surface area (Å²) in [7, 11) is 0. The van der Waals surface area contributed by atoms with Crippen LogP contribution in [0.2, 0.25) is 0 Å². The zero-order chi connectivity index (χ0) is 18.2. The van der Waals surface area contributed by atoms with Crippen molar-refractivity contribution in [2.24, 2.45) is 0 Å². The molecule has 0 saturated heterocycles. The van der Waals surface area contributed by atoms with Gasteiger partial charge in [-0.3, -0.25) is 4.79 Å². The Hall–Kier alpha value is -3.21. The fraction of sp³-hybridized carbons (Fsp3) is 0.190. The lowest BCUT2D eigenvalue weighted by atomic mass is 10.1. The van der Waals surface area contributed by atoms with Crippen LogP contribution in [0.3, 0.4) is 0 Å². The molecule has 0 atom stereocenters. The standard InChI is InChI=1S/C21H22N4O/c1-16-15-19(25-21(23-16)24-18-12-6-3-7-13-18)20(26)22-14-8-11-17-9-4-2-5-10-17/h2-7,9-10,12-13,15H,8,11,14H2,1H3,(H,22,26)(H,23,24,25). The molecule has 132 valence electrons. The Bertz CT molecular complexity index is 850. The maximum Gasteiger partial charge on any atom is 0.270 e. The number of carbonyl (C=O) groups excluding carboxylic acids is 1. The Kier molecular flexibility index (Phi) is 5.93. The molecule has 1 heterocycles. The highest BCUT2D eigenvalue weighted by Crippen LogP contribution is 2.13. The molecular formula is C21H22N4O. The van der Waals surface area contributed by atoms with Gasteiger partial charge in [0.15, 0.2) is 0 Å². The minimum atomic E-state index is -0.181. The molecule has 1 amide bonds. The van der Waals surface area contributed by atoms with Crippen LogP contribution < -0.4 is 10.6 Å². The maximum atomic E-state index is 12.4. The van der Waals surface area contributed by atoms with Crippen molar-refractivity contribution in [3.8, 4) is 0 Å². The van der Waals surface area contributed by atoms with Crippen LogP contribution in [0, 0.1) is 6.92 Å². The Morgan fingerprint density at radius 1 is 0.962 bits per heavy atom. The van der Waals surface area contributed by atoms with Crippen LogP contribution in [-0.4, -0.2) is 22.4 Å². The van der Waals surface area contributed by atoms with Crippen LogP contribution in [0.1, 0.15) is 28.2 Å². The van der Waals surface area contributed by atoms with Gasteiger partial charge >= 0.3 is 0 Å². The van der Waals surface area contributed by atoms with Crippen molar-refractivity contribution in [3.05, 3.63) is 83.7 Å². The Morgan fingerprint density at radius 3 is 2.38 bits per heavy atom. The number of para-hydroxylation sites is 1. The van der Waals surface area contributed by atoms with E-state index < -0.39 is 0 Å². The van der Waals surface area contributed by atoms with E-state index in [1.54, 1.807) is 6.07 Å². The molecule has 0 fully saturated rings. The number of nitrogens with one attached hydrogen (secondary N) is 2. The van der Waals surface area contributed by atoms with Crippen molar-refractivity contribution in [2.45, 2.75) is 19.8 Å². The second-order valence-electron chi connectivity index (χ2n) is 6.05. The number of carbonyl (C=O) groups is 1. The van der Waals surface area contributed by atoms with E-state index in [0.717, 1.165) is 24.2 Å². The molecule has 3 rings (SSSR count). The summed E-state index contributed by atoms with van der Waals surface area (Å²) >= 11 is 0. The molecule has 0 bridgehead atoms. The first-order valence-corrected chi connectivity index (χ1v) is 8.70. The lowest BCUT2D eigenvalue weighted by Crippen LogP contribution is -2.26. The molecule has 0 saturated carbocycles. The van der Waals surface area contributed by atoms with Crippen molar-refractivity contribution in [3.63, 3.8) is 0 Å². The molecule has 0 aliphatic heterocycles. The quantitative estimate of drug-likeness (QED) is 0.637. The third-order valence-electron chi connectivity index (χ3n) is 3.89. The molecule has 26 heavy (non-hydrogen) atoms. The van der Waals surface area contributed by atoms with Gasteiger partial charge in [-0.05, 0) is 43.5 Å². The van der Waals surface area contributed by atoms with Crippen LogP contribution in [0.15, 0.2) is 66.7 Å². The Balaban J connectivity index is 1.56. The first-order valence-electron chi connectivity index (χ1n) is 8.70. The van der Waals surface area contributed by atoms with Crippen molar-refractivity contribution < 1.29 is 4.79 Å². The number of aryl methyl sites for hydroxylation is 2. The summed E-state index contributed by atoms with van der Waals surface area (Å²) < 4.78 is 0. The van der Waals surface area contributed by atoms with Gasteiger partial charge in [0, 0.05) is 17.9 Å². The van der Waals surface area contributed by atoms with Crippen molar-refractivity contribution in [1.29, 1.82) is 0 Å². The minimum Gasteiger partial charge on any atom is -0.351 e. The second-order valence-corrected chi connectivity index (χ2v) is 6.05. The molecule has 0 spiro atoms. The average Bonchev–Trinajstić information content (AvgIpc) is 2.66. The van der Waals surface area contributed by atoms with E-state index in [1.165, 1.54) is 5.56 Å². The number of hydrogen-bond acceptors (Lipinski definition) is 4. The molecule has 0 unspecified atom stereocenters. The van der Waals surface area contributed by atoms with Crippen LogP contribution in [0.4, 0.5) is 11.6 Å². The topological polar surface area (TPSA) is 66.9 Å². The van der Waals surface area contributed by atoms with E-state index in [4.69, 9.17) is 0 Å². The summed E-state index contributed by atoms with van der Waals surface area (Å²) in [6.07, 6.45) is 1.82. The first-order chi connectivity index (χ1) is 12.7. The van der Waals surface area contributed by atoms with Crippen molar-refractivity contribution in [1.82, 2.24) is 15.3 Å². The highest BCUT2D eigenvalue weighted by molar-refractivity contribution is 5.92. The van der Waals surface area contributed by atoms with Gasteiger partial charge in [-0.15, -0.1) is 0 Å². The summed E-state index contributed by atoms with van der Waals surface area (Å²) in [4.78, 5) is 21.1. The zero-order valence-corrected chi connectivity index (χ0v) is 14.8. The van der Waals surface area contributed by atoms with Crippen LogP contribution >= 0.6 is 0 Å². The lowest BCUT2D eigenvalue weighted by Gasteiger charge is -2.09. The van der Waals surface area contributed by atoms with E-state index in [1.807, 2.05) is 55.5 Å². The number of rotatable bonds is 7. The van der Waals surface area contributed by atoms with Gasteiger partial charge in [0.1, 0.15) is 5.69 Å². The van der Waals surface area contributed by atoms with E-state index in [0.29, 0.717) is 18.2 Å². The Labute approximate surface area is 153 Å². The monoisotopic (exact) mass is 346 g/mol. The Morgan fingerprint density at radius 2 is 1.65 bits per heavy atom. The fourth-order valence-electron chi connectivity index (χ4n) is 2.62.